The lowest BCUT2D eigenvalue weighted by Crippen LogP contribution is -2.06. The lowest BCUT2D eigenvalue weighted by atomic mass is 10.0. The van der Waals surface area contributed by atoms with Gasteiger partial charge in [0.25, 0.3) is 0 Å². The van der Waals surface area contributed by atoms with Crippen LogP contribution >= 0.6 is 31.9 Å². The molecule has 0 spiro atoms. The Morgan fingerprint density at radius 1 is 1.06 bits per heavy atom. The van der Waals surface area contributed by atoms with Crippen LogP contribution in [0.2, 0.25) is 0 Å². The largest absolute Gasteiger partial charge is 0.376 e. The fourth-order valence-corrected chi connectivity index (χ4v) is 5.10. The summed E-state index contributed by atoms with van der Waals surface area (Å²) < 4.78 is 8.37. The molecule has 2 aliphatic carbocycles. The SMILES string of the molecule is COC1c2c(Br)c3c(c(Br)c2CC1C)CCC3. The molecule has 17 heavy (non-hydrogen) atoms. The smallest absolute Gasteiger partial charge is 0.0863 e. The van der Waals surface area contributed by atoms with Gasteiger partial charge in [-0.3, -0.25) is 0 Å². The number of methoxy groups -OCH3 is 1. The first kappa shape index (κ1) is 12.2. The molecular weight excluding hydrogens is 344 g/mol. The van der Waals surface area contributed by atoms with Gasteiger partial charge in [0.2, 0.25) is 0 Å². The van der Waals surface area contributed by atoms with E-state index in [1.54, 1.807) is 0 Å². The Morgan fingerprint density at radius 3 is 2.35 bits per heavy atom. The minimum absolute atomic E-state index is 0.251. The number of ether oxygens (including phenoxy) is 1. The minimum atomic E-state index is 0.251. The predicted molar refractivity (Wildman–Crippen MR) is 76.5 cm³/mol. The second-order valence-corrected chi connectivity index (χ2v) is 6.75. The predicted octanol–water partition coefficient (Wildman–Crippen LogP) is 4.58. The Labute approximate surface area is 119 Å². The van der Waals surface area contributed by atoms with Crippen molar-refractivity contribution in [3.63, 3.8) is 0 Å². The summed E-state index contributed by atoms with van der Waals surface area (Å²) in [6, 6.07) is 0. The topological polar surface area (TPSA) is 9.23 Å². The fraction of sp³-hybridized carbons (Fsp3) is 0.571. The summed E-state index contributed by atoms with van der Waals surface area (Å²) in [6.45, 7) is 2.28. The number of halogens is 2. The summed E-state index contributed by atoms with van der Waals surface area (Å²) in [7, 11) is 1.82. The number of fused-ring (bicyclic) bond motifs is 2. The molecule has 0 saturated heterocycles. The van der Waals surface area contributed by atoms with Crippen LogP contribution in [0.25, 0.3) is 0 Å². The van der Waals surface area contributed by atoms with Crippen LogP contribution in [0, 0.1) is 5.92 Å². The second-order valence-electron chi connectivity index (χ2n) is 5.17. The van der Waals surface area contributed by atoms with Crippen LogP contribution in [0.4, 0.5) is 0 Å². The zero-order valence-electron chi connectivity index (χ0n) is 10.1. The molecule has 0 aliphatic heterocycles. The first-order valence-corrected chi connectivity index (χ1v) is 7.78. The average Bonchev–Trinajstić information content (AvgIpc) is 2.90. The molecule has 2 unspecified atom stereocenters. The van der Waals surface area contributed by atoms with E-state index in [4.69, 9.17) is 4.74 Å². The first-order chi connectivity index (χ1) is 8.15. The third kappa shape index (κ3) is 1.66. The average molecular weight is 360 g/mol. The maximum atomic E-state index is 5.69. The van der Waals surface area contributed by atoms with Crippen LogP contribution in [0.3, 0.4) is 0 Å². The molecule has 0 aromatic heterocycles. The van der Waals surface area contributed by atoms with E-state index in [1.165, 1.54) is 50.5 Å². The Kier molecular flexibility index (Phi) is 3.12. The third-order valence-corrected chi connectivity index (χ3v) is 6.02. The van der Waals surface area contributed by atoms with Gasteiger partial charge in [0.1, 0.15) is 0 Å². The van der Waals surface area contributed by atoms with Gasteiger partial charge in [0.05, 0.1) is 6.10 Å². The molecule has 0 fully saturated rings. The molecular formula is C14H16Br2O. The quantitative estimate of drug-likeness (QED) is 0.713. The third-order valence-electron chi connectivity index (χ3n) is 4.16. The van der Waals surface area contributed by atoms with Crippen molar-refractivity contribution in [2.45, 2.75) is 38.7 Å². The van der Waals surface area contributed by atoms with Gasteiger partial charge in [-0.1, -0.05) is 38.8 Å². The van der Waals surface area contributed by atoms with Crippen LogP contribution in [0.15, 0.2) is 8.95 Å². The second kappa shape index (κ2) is 4.36. The molecule has 0 radical (unpaired) electrons. The highest BCUT2D eigenvalue weighted by molar-refractivity contribution is 9.11. The number of hydrogen-bond donors (Lipinski definition) is 0. The highest BCUT2D eigenvalue weighted by Crippen LogP contribution is 2.49. The molecule has 0 bridgehead atoms. The lowest BCUT2D eigenvalue weighted by Gasteiger charge is -2.18. The van der Waals surface area contributed by atoms with Gasteiger partial charge in [-0.25, -0.2) is 0 Å². The van der Waals surface area contributed by atoms with Crippen molar-refractivity contribution < 1.29 is 4.74 Å². The number of benzene rings is 1. The fourth-order valence-electron chi connectivity index (χ4n) is 3.38. The Bertz CT molecular complexity index is 482. The van der Waals surface area contributed by atoms with Crippen LogP contribution < -0.4 is 0 Å². The standard InChI is InChI=1S/C14H16Br2O/c1-7-6-10-11(14(7)17-2)13(16)9-5-3-4-8(9)12(10)15/h7,14H,3-6H2,1-2H3. The maximum Gasteiger partial charge on any atom is 0.0863 e. The summed E-state index contributed by atoms with van der Waals surface area (Å²) in [5.41, 5.74) is 5.90. The number of rotatable bonds is 1. The highest BCUT2D eigenvalue weighted by Gasteiger charge is 2.36. The van der Waals surface area contributed by atoms with Gasteiger partial charge in [0, 0.05) is 16.1 Å². The summed E-state index contributed by atoms with van der Waals surface area (Å²) >= 11 is 7.65. The van der Waals surface area contributed by atoms with Crippen molar-refractivity contribution in [2.75, 3.05) is 7.11 Å². The lowest BCUT2D eigenvalue weighted by molar-refractivity contribution is 0.0690. The molecule has 1 aromatic rings. The summed E-state index contributed by atoms with van der Waals surface area (Å²) in [5, 5.41) is 0. The van der Waals surface area contributed by atoms with Crippen molar-refractivity contribution in [3.8, 4) is 0 Å². The molecule has 1 nitrogen and oxygen atoms in total. The van der Waals surface area contributed by atoms with Crippen molar-refractivity contribution >= 4 is 31.9 Å². The zero-order valence-corrected chi connectivity index (χ0v) is 13.3. The molecule has 3 heteroatoms. The van der Waals surface area contributed by atoms with Gasteiger partial charge in [0.15, 0.2) is 0 Å². The summed E-state index contributed by atoms with van der Waals surface area (Å²) in [4.78, 5) is 0. The molecule has 0 amide bonds. The van der Waals surface area contributed by atoms with Crippen molar-refractivity contribution in [3.05, 3.63) is 31.2 Å². The first-order valence-electron chi connectivity index (χ1n) is 6.19. The van der Waals surface area contributed by atoms with Gasteiger partial charge >= 0.3 is 0 Å². The molecule has 0 heterocycles. The van der Waals surface area contributed by atoms with E-state index in [9.17, 15) is 0 Å². The van der Waals surface area contributed by atoms with E-state index >= 15 is 0 Å². The van der Waals surface area contributed by atoms with Crippen LogP contribution in [-0.2, 0) is 24.0 Å². The summed E-state index contributed by atoms with van der Waals surface area (Å²) in [5.74, 6) is 0.574. The number of hydrogen-bond acceptors (Lipinski definition) is 1. The molecule has 0 saturated carbocycles. The van der Waals surface area contributed by atoms with E-state index in [1.807, 2.05) is 7.11 Å². The van der Waals surface area contributed by atoms with Gasteiger partial charge in [-0.15, -0.1) is 0 Å². The van der Waals surface area contributed by atoms with Crippen molar-refractivity contribution in [1.29, 1.82) is 0 Å². The van der Waals surface area contributed by atoms with Crippen LogP contribution in [-0.4, -0.2) is 7.11 Å². The highest BCUT2D eigenvalue weighted by atomic mass is 79.9. The monoisotopic (exact) mass is 358 g/mol. The van der Waals surface area contributed by atoms with E-state index < -0.39 is 0 Å². The van der Waals surface area contributed by atoms with E-state index in [-0.39, 0.29) is 6.10 Å². The van der Waals surface area contributed by atoms with Crippen molar-refractivity contribution in [1.82, 2.24) is 0 Å². The van der Waals surface area contributed by atoms with Crippen LogP contribution in [0.5, 0.6) is 0 Å². The molecule has 2 aliphatic rings. The Balaban J connectivity index is 2.25. The zero-order chi connectivity index (χ0) is 12.2. The van der Waals surface area contributed by atoms with Gasteiger partial charge in [-0.05, 0) is 53.9 Å². The molecule has 0 N–H and O–H groups in total. The minimum Gasteiger partial charge on any atom is -0.376 e. The van der Waals surface area contributed by atoms with E-state index in [2.05, 4.69) is 38.8 Å². The van der Waals surface area contributed by atoms with E-state index in [0.29, 0.717) is 5.92 Å². The Morgan fingerprint density at radius 2 is 1.71 bits per heavy atom. The molecule has 2 atom stereocenters. The normalized spacial score (nSPS) is 26.1. The maximum absolute atomic E-state index is 5.69. The van der Waals surface area contributed by atoms with Gasteiger partial charge in [-0.2, -0.15) is 0 Å². The van der Waals surface area contributed by atoms with Crippen LogP contribution in [0.1, 0.15) is 41.7 Å². The van der Waals surface area contributed by atoms with Gasteiger partial charge < -0.3 is 4.74 Å². The Hall–Kier alpha value is 0.140. The van der Waals surface area contributed by atoms with E-state index in [0.717, 1.165) is 6.42 Å². The molecule has 92 valence electrons. The summed E-state index contributed by atoms with van der Waals surface area (Å²) in [6.07, 6.45) is 5.07. The molecule has 1 aromatic carbocycles. The molecule has 3 rings (SSSR count). The van der Waals surface area contributed by atoms with Crippen molar-refractivity contribution in [2.24, 2.45) is 5.92 Å².